The first-order chi connectivity index (χ1) is 5.15. The van der Waals surface area contributed by atoms with E-state index in [9.17, 15) is 4.79 Å². The van der Waals surface area contributed by atoms with E-state index in [1.54, 1.807) is 12.1 Å². The molecule has 0 aliphatic heterocycles. The molecule has 2 nitrogen and oxygen atoms in total. The number of carbonyl (C=O) groups excluding carboxylic acids is 1. The van der Waals surface area contributed by atoms with Crippen molar-refractivity contribution in [1.29, 1.82) is 0 Å². The summed E-state index contributed by atoms with van der Waals surface area (Å²) < 4.78 is 0. The molecule has 0 aliphatic carbocycles. The molecule has 0 bridgehead atoms. The molecule has 0 saturated carbocycles. The Morgan fingerprint density at radius 3 is 2.73 bits per heavy atom. The Hall–Kier alpha value is -1.25. The fraction of sp³-hybridized carbons (Fsp3) is 0.125. The van der Waals surface area contributed by atoms with Crippen LogP contribution in [0, 0.1) is 6.92 Å². The molecule has 1 aromatic carbocycles. The highest BCUT2D eigenvalue weighted by Gasteiger charge is 2.02. The van der Waals surface area contributed by atoms with Crippen LogP contribution in [0.4, 0.5) is 0 Å². The van der Waals surface area contributed by atoms with E-state index in [2.05, 4.69) is 0 Å². The molecule has 0 fully saturated rings. The normalized spacial score (nSPS) is 9.55. The number of phenols is 1. The van der Waals surface area contributed by atoms with Gasteiger partial charge in [-0.2, -0.15) is 0 Å². The molecule has 0 amide bonds. The van der Waals surface area contributed by atoms with Crippen molar-refractivity contribution in [3.8, 4) is 5.75 Å². The number of hydrogen-bond donors (Lipinski definition) is 1. The Morgan fingerprint density at radius 1 is 1.55 bits per heavy atom. The summed E-state index contributed by atoms with van der Waals surface area (Å²) in [6.07, 6.45) is 0.582. The van der Waals surface area contributed by atoms with Crippen molar-refractivity contribution in [3.05, 3.63) is 23.3 Å². The van der Waals surface area contributed by atoms with E-state index in [4.69, 9.17) is 13.0 Å². The summed E-state index contributed by atoms with van der Waals surface area (Å²) in [4.78, 5) is 10.3. The van der Waals surface area contributed by atoms with Gasteiger partial charge in [0.25, 0.3) is 0 Å². The van der Waals surface area contributed by atoms with Crippen molar-refractivity contribution < 1.29 is 9.90 Å². The van der Waals surface area contributed by atoms with Crippen molar-refractivity contribution in [2.75, 3.05) is 0 Å². The Labute approximate surface area is 66.3 Å². The van der Waals surface area contributed by atoms with Gasteiger partial charge < -0.3 is 5.11 Å². The van der Waals surface area contributed by atoms with Crippen LogP contribution in [0.25, 0.3) is 0 Å². The van der Waals surface area contributed by atoms with Crippen LogP contribution in [-0.2, 0) is 0 Å². The van der Waals surface area contributed by atoms with E-state index >= 15 is 0 Å². The zero-order chi connectivity index (χ0) is 8.43. The minimum atomic E-state index is -0.134. The number of aromatic hydroxyl groups is 1. The maximum Gasteiger partial charge on any atom is 0.153 e. The second-order valence-corrected chi connectivity index (χ2v) is 2.41. The third-order valence-electron chi connectivity index (χ3n) is 1.44. The second kappa shape index (κ2) is 2.78. The van der Waals surface area contributed by atoms with Crippen LogP contribution < -0.4 is 5.46 Å². The third-order valence-corrected chi connectivity index (χ3v) is 1.44. The first-order valence-electron chi connectivity index (χ1n) is 3.19. The van der Waals surface area contributed by atoms with Crippen LogP contribution in [-0.4, -0.2) is 19.2 Å². The lowest BCUT2D eigenvalue weighted by Crippen LogP contribution is -2.05. The molecular formula is C8H7BO2. The maximum absolute atomic E-state index is 10.3. The van der Waals surface area contributed by atoms with Crippen molar-refractivity contribution in [1.82, 2.24) is 0 Å². The molecule has 0 aromatic heterocycles. The van der Waals surface area contributed by atoms with Crippen LogP contribution >= 0.6 is 0 Å². The number of hydrogen-bond acceptors (Lipinski definition) is 2. The van der Waals surface area contributed by atoms with Gasteiger partial charge in [-0.1, -0.05) is 17.1 Å². The second-order valence-electron chi connectivity index (χ2n) is 2.41. The predicted octanol–water partition coefficient (Wildman–Crippen LogP) is 0.307. The van der Waals surface area contributed by atoms with Crippen molar-refractivity contribution >= 4 is 19.6 Å². The summed E-state index contributed by atoms with van der Waals surface area (Å²) in [6.45, 7) is 1.81. The Morgan fingerprint density at radius 2 is 2.18 bits per heavy atom. The van der Waals surface area contributed by atoms with Gasteiger partial charge in [-0.15, -0.1) is 0 Å². The highest BCUT2D eigenvalue weighted by atomic mass is 16.3. The summed E-state index contributed by atoms with van der Waals surface area (Å²) in [5.41, 5.74) is 1.34. The van der Waals surface area contributed by atoms with Gasteiger partial charge in [0.05, 0.1) is 5.56 Å². The van der Waals surface area contributed by atoms with E-state index in [0.717, 1.165) is 5.56 Å². The Balaban J connectivity index is 3.35. The topological polar surface area (TPSA) is 37.3 Å². The molecule has 0 spiro atoms. The van der Waals surface area contributed by atoms with Gasteiger partial charge in [-0.3, -0.25) is 4.79 Å². The fourth-order valence-corrected chi connectivity index (χ4v) is 0.925. The Kier molecular flexibility index (Phi) is 1.99. The van der Waals surface area contributed by atoms with E-state index in [-0.39, 0.29) is 16.8 Å². The zero-order valence-electron chi connectivity index (χ0n) is 6.16. The largest absolute Gasteiger partial charge is 0.508 e. The molecule has 1 N–H and O–H groups in total. The van der Waals surface area contributed by atoms with Crippen LogP contribution in [0.5, 0.6) is 5.75 Å². The van der Waals surface area contributed by atoms with Crippen molar-refractivity contribution in [2.24, 2.45) is 0 Å². The SMILES string of the molecule is [B]c1cc(C)cc(C=O)c1O. The monoisotopic (exact) mass is 146 g/mol. The average Bonchev–Trinajstić information content (AvgIpc) is 1.96. The lowest BCUT2D eigenvalue weighted by molar-refractivity contribution is 0.112. The number of benzene rings is 1. The summed E-state index contributed by atoms with van der Waals surface area (Å²) in [6, 6.07) is 3.20. The average molecular weight is 146 g/mol. The molecular weight excluding hydrogens is 139 g/mol. The minimum absolute atomic E-state index is 0.134. The van der Waals surface area contributed by atoms with Gasteiger partial charge in [0.1, 0.15) is 13.6 Å². The predicted molar refractivity (Wildman–Crippen MR) is 43.6 cm³/mol. The number of phenolic OH excluding ortho intramolecular Hbond substituents is 1. The van der Waals surface area contributed by atoms with E-state index in [1.165, 1.54) is 0 Å². The number of rotatable bonds is 1. The molecule has 2 radical (unpaired) electrons. The lowest BCUT2D eigenvalue weighted by Gasteiger charge is -2.02. The van der Waals surface area contributed by atoms with Crippen LogP contribution in [0.2, 0.25) is 0 Å². The first-order valence-corrected chi connectivity index (χ1v) is 3.19. The standard InChI is InChI=1S/C8H7BO2/c1-5-2-6(4-10)8(11)7(9)3-5/h2-4,11H,1H3. The summed E-state index contributed by atoms with van der Waals surface area (Å²) in [5.74, 6) is -0.134. The zero-order valence-corrected chi connectivity index (χ0v) is 6.16. The van der Waals surface area contributed by atoms with Gasteiger partial charge in [0, 0.05) is 0 Å². The van der Waals surface area contributed by atoms with E-state index in [0.29, 0.717) is 6.29 Å². The molecule has 1 aromatic rings. The van der Waals surface area contributed by atoms with E-state index < -0.39 is 0 Å². The van der Waals surface area contributed by atoms with Gasteiger partial charge in [-0.05, 0) is 13.0 Å². The minimum Gasteiger partial charge on any atom is -0.508 e. The van der Waals surface area contributed by atoms with Crippen molar-refractivity contribution in [3.63, 3.8) is 0 Å². The number of carbonyl (C=O) groups is 1. The molecule has 11 heavy (non-hydrogen) atoms. The van der Waals surface area contributed by atoms with Gasteiger partial charge in [-0.25, -0.2) is 0 Å². The third kappa shape index (κ3) is 1.42. The molecule has 3 heteroatoms. The smallest absolute Gasteiger partial charge is 0.153 e. The lowest BCUT2D eigenvalue weighted by atomic mass is 9.91. The molecule has 0 aliphatic rings. The van der Waals surface area contributed by atoms with E-state index in [1.807, 2.05) is 6.92 Å². The quantitative estimate of drug-likeness (QED) is 0.457. The molecule has 0 unspecified atom stereocenters. The molecule has 0 saturated heterocycles. The highest BCUT2D eigenvalue weighted by Crippen LogP contribution is 2.12. The summed E-state index contributed by atoms with van der Waals surface area (Å²) >= 11 is 0. The molecule has 54 valence electrons. The van der Waals surface area contributed by atoms with Crippen LogP contribution in [0.3, 0.4) is 0 Å². The fourth-order valence-electron chi connectivity index (χ4n) is 0.925. The van der Waals surface area contributed by atoms with Gasteiger partial charge in [0.2, 0.25) is 0 Å². The molecule has 0 atom stereocenters. The first kappa shape index (κ1) is 7.86. The van der Waals surface area contributed by atoms with Gasteiger partial charge >= 0.3 is 0 Å². The molecule has 1 rings (SSSR count). The van der Waals surface area contributed by atoms with Crippen LogP contribution in [0.1, 0.15) is 15.9 Å². The van der Waals surface area contributed by atoms with Gasteiger partial charge in [0.15, 0.2) is 6.29 Å². The Bertz CT molecular complexity index is 294. The van der Waals surface area contributed by atoms with Crippen LogP contribution in [0.15, 0.2) is 12.1 Å². The summed E-state index contributed by atoms with van der Waals surface area (Å²) in [5, 5.41) is 9.17. The highest BCUT2D eigenvalue weighted by molar-refractivity contribution is 6.34. The number of aryl methyl sites for hydroxylation is 1. The number of aldehydes is 1. The van der Waals surface area contributed by atoms with Crippen molar-refractivity contribution in [2.45, 2.75) is 6.92 Å². The maximum atomic E-state index is 10.3. The molecule has 0 heterocycles. The summed E-state index contributed by atoms with van der Waals surface area (Å²) in [7, 11) is 5.39.